The van der Waals surface area contributed by atoms with Crippen molar-refractivity contribution in [3.8, 4) is 11.4 Å². The summed E-state index contributed by atoms with van der Waals surface area (Å²) in [5, 5.41) is 10.2. The third-order valence-electron chi connectivity index (χ3n) is 8.46. The first-order valence-corrected chi connectivity index (χ1v) is 13.8. The smallest absolute Gasteiger partial charge is 0.0619 e. The predicted octanol–water partition coefficient (Wildman–Crippen LogP) is 10.2. The molecule has 0 fully saturated rings. The molecule has 0 spiro atoms. The second-order valence-electron chi connectivity index (χ2n) is 10.6. The summed E-state index contributed by atoms with van der Waals surface area (Å²) in [4.78, 5) is 0. The van der Waals surface area contributed by atoms with Crippen molar-refractivity contribution in [3.05, 3.63) is 146 Å². The summed E-state index contributed by atoms with van der Waals surface area (Å²) in [6, 6.07) is 53.0. The van der Waals surface area contributed by atoms with E-state index in [1.54, 1.807) is 0 Å². The van der Waals surface area contributed by atoms with Crippen molar-refractivity contribution in [2.24, 2.45) is 0 Å². The van der Waals surface area contributed by atoms with Crippen LogP contribution >= 0.6 is 0 Å². The molecule has 2 heterocycles. The van der Waals surface area contributed by atoms with E-state index < -0.39 is 0 Å². The van der Waals surface area contributed by atoms with Gasteiger partial charge in [-0.2, -0.15) is 0 Å². The van der Waals surface area contributed by atoms with Crippen LogP contribution in [0.1, 0.15) is 0 Å². The molecule has 0 unspecified atom stereocenters. The van der Waals surface area contributed by atoms with Crippen molar-refractivity contribution in [3.63, 3.8) is 0 Å². The Morgan fingerprint density at radius 3 is 1.23 bits per heavy atom. The van der Waals surface area contributed by atoms with Gasteiger partial charge in [0.25, 0.3) is 0 Å². The normalized spacial score (nSPS) is 12.0. The lowest BCUT2D eigenvalue weighted by atomic mass is 10.1. The second kappa shape index (κ2) is 8.08. The van der Waals surface area contributed by atoms with Gasteiger partial charge in [-0.05, 0) is 41.1 Å². The lowest BCUT2D eigenvalue weighted by molar-refractivity contribution is 1.14. The molecule has 40 heavy (non-hydrogen) atoms. The van der Waals surface area contributed by atoms with Crippen LogP contribution in [-0.2, 0) is 0 Å². The Kier molecular flexibility index (Phi) is 4.36. The molecular weight excluding hydrogens is 484 g/mol. The highest BCUT2D eigenvalue weighted by molar-refractivity contribution is 6.20. The van der Waals surface area contributed by atoms with Crippen LogP contribution in [0.4, 0.5) is 0 Å². The van der Waals surface area contributed by atoms with E-state index >= 15 is 0 Å². The fourth-order valence-corrected chi connectivity index (χ4v) is 6.77. The number of nitrogens with zero attached hydrogens (tertiary/aromatic N) is 2. The van der Waals surface area contributed by atoms with E-state index in [0.29, 0.717) is 0 Å². The van der Waals surface area contributed by atoms with Gasteiger partial charge >= 0.3 is 0 Å². The van der Waals surface area contributed by atoms with Crippen molar-refractivity contribution >= 4 is 65.2 Å². The van der Waals surface area contributed by atoms with E-state index in [9.17, 15) is 0 Å². The molecular formula is C38H24N2. The van der Waals surface area contributed by atoms with Crippen LogP contribution in [0, 0.1) is 0 Å². The molecule has 0 N–H and O–H groups in total. The summed E-state index contributed by atoms with van der Waals surface area (Å²) in [6.07, 6.45) is 0. The number of hydrogen-bond acceptors (Lipinski definition) is 0. The average molecular weight is 509 g/mol. The Balaban J connectivity index is 1.41. The van der Waals surface area contributed by atoms with E-state index in [2.05, 4.69) is 155 Å². The molecule has 0 saturated carbocycles. The van der Waals surface area contributed by atoms with Crippen molar-refractivity contribution in [1.82, 2.24) is 9.13 Å². The van der Waals surface area contributed by atoms with Gasteiger partial charge in [-0.3, -0.25) is 0 Å². The van der Waals surface area contributed by atoms with Crippen molar-refractivity contribution in [2.75, 3.05) is 0 Å². The minimum atomic E-state index is 1.16. The lowest BCUT2D eigenvalue weighted by Gasteiger charge is -2.14. The summed E-state index contributed by atoms with van der Waals surface area (Å²) >= 11 is 0. The van der Waals surface area contributed by atoms with Gasteiger partial charge < -0.3 is 9.13 Å². The highest BCUT2D eigenvalue weighted by Crippen LogP contribution is 2.39. The van der Waals surface area contributed by atoms with Gasteiger partial charge in [-0.15, -0.1) is 0 Å². The number of hydrogen-bond donors (Lipinski definition) is 0. The molecule has 0 amide bonds. The Morgan fingerprint density at radius 1 is 0.300 bits per heavy atom. The van der Waals surface area contributed by atoms with Crippen LogP contribution in [0.5, 0.6) is 0 Å². The van der Waals surface area contributed by atoms with E-state index in [0.717, 1.165) is 11.4 Å². The predicted molar refractivity (Wildman–Crippen MR) is 170 cm³/mol. The van der Waals surface area contributed by atoms with Gasteiger partial charge in [0, 0.05) is 43.7 Å². The first-order valence-electron chi connectivity index (χ1n) is 13.8. The zero-order valence-corrected chi connectivity index (χ0v) is 21.8. The van der Waals surface area contributed by atoms with Crippen LogP contribution in [0.25, 0.3) is 76.5 Å². The molecule has 2 aromatic heterocycles. The molecule has 0 aliphatic heterocycles. The molecule has 9 rings (SSSR count). The molecule has 7 aromatic carbocycles. The fraction of sp³-hybridized carbons (Fsp3) is 0. The summed E-state index contributed by atoms with van der Waals surface area (Å²) in [6.45, 7) is 0. The molecule has 0 bridgehead atoms. The number of fused-ring (bicyclic) bond motifs is 10. The number of benzene rings is 7. The maximum Gasteiger partial charge on any atom is 0.0619 e. The van der Waals surface area contributed by atoms with Crippen LogP contribution in [-0.4, -0.2) is 9.13 Å². The van der Waals surface area contributed by atoms with Crippen molar-refractivity contribution in [1.29, 1.82) is 0 Å². The van der Waals surface area contributed by atoms with Crippen LogP contribution in [0.2, 0.25) is 0 Å². The summed E-state index contributed by atoms with van der Waals surface area (Å²) in [5.41, 5.74) is 7.27. The Bertz CT molecular complexity index is 2270. The van der Waals surface area contributed by atoms with Crippen molar-refractivity contribution in [2.45, 2.75) is 0 Å². The quantitative estimate of drug-likeness (QED) is 0.220. The van der Waals surface area contributed by atoms with Gasteiger partial charge in [0.1, 0.15) is 0 Å². The highest BCUT2D eigenvalue weighted by atomic mass is 15.0. The molecule has 0 aliphatic rings. The lowest BCUT2D eigenvalue weighted by Crippen LogP contribution is -1.99. The van der Waals surface area contributed by atoms with Crippen molar-refractivity contribution < 1.29 is 0 Å². The van der Waals surface area contributed by atoms with Gasteiger partial charge in [-0.25, -0.2) is 0 Å². The number of rotatable bonds is 2. The molecule has 0 aliphatic carbocycles. The Hall–Kier alpha value is -5.34. The minimum Gasteiger partial charge on any atom is -0.309 e. The minimum absolute atomic E-state index is 1.16. The fourth-order valence-electron chi connectivity index (χ4n) is 6.77. The molecule has 0 saturated heterocycles. The second-order valence-corrected chi connectivity index (χ2v) is 10.6. The molecule has 0 radical (unpaired) electrons. The number of aromatic nitrogens is 2. The molecule has 0 atom stereocenters. The average Bonchev–Trinajstić information content (AvgIpc) is 3.55. The molecule has 186 valence electrons. The first-order chi connectivity index (χ1) is 19.9. The van der Waals surface area contributed by atoms with Gasteiger partial charge in [-0.1, -0.05) is 115 Å². The van der Waals surface area contributed by atoms with E-state index in [1.807, 2.05) is 0 Å². The van der Waals surface area contributed by atoms with Crippen LogP contribution in [0.3, 0.4) is 0 Å². The maximum absolute atomic E-state index is 2.45. The van der Waals surface area contributed by atoms with Gasteiger partial charge in [0.05, 0.1) is 22.1 Å². The van der Waals surface area contributed by atoms with Gasteiger partial charge in [0.15, 0.2) is 0 Å². The Morgan fingerprint density at radius 2 is 0.725 bits per heavy atom. The first kappa shape index (κ1) is 21.6. The molecule has 9 aromatic rings. The monoisotopic (exact) mass is 508 g/mol. The third kappa shape index (κ3) is 2.88. The van der Waals surface area contributed by atoms with E-state index in [-0.39, 0.29) is 0 Å². The number of para-hydroxylation sites is 2. The SMILES string of the molecule is c1cc(-n2c3ccccc3c3ccc4ccccc4c32)cc(-n2c3ccccc3c3ccc4ccccc4c32)c1. The summed E-state index contributed by atoms with van der Waals surface area (Å²) in [7, 11) is 0. The maximum atomic E-state index is 2.45. The zero-order chi connectivity index (χ0) is 26.2. The zero-order valence-electron chi connectivity index (χ0n) is 21.8. The van der Waals surface area contributed by atoms with Crippen LogP contribution in [0.15, 0.2) is 146 Å². The molecule has 2 nitrogen and oxygen atoms in total. The van der Waals surface area contributed by atoms with E-state index in [4.69, 9.17) is 0 Å². The third-order valence-corrected chi connectivity index (χ3v) is 8.46. The topological polar surface area (TPSA) is 9.86 Å². The highest BCUT2D eigenvalue weighted by Gasteiger charge is 2.17. The summed E-state index contributed by atoms with van der Waals surface area (Å²) < 4.78 is 4.89. The van der Waals surface area contributed by atoms with Gasteiger partial charge in [0.2, 0.25) is 0 Å². The largest absolute Gasteiger partial charge is 0.309 e. The summed E-state index contributed by atoms with van der Waals surface area (Å²) in [5.74, 6) is 0. The Labute approximate surface area is 230 Å². The molecule has 2 heteroatoms. The van der Waals surface area contributed by atoms with Crippen LogP contribution < -0.4 is 0 Å². The van der Waals surface area contributed by atoms with E-state index in [1.165, 1.54) is 65.2 Å². The standard InChI is InChI=1S/C38H24N2/c1-3-14-29-25(10-1)20-22-33-31-16-5-7-18-35(31)39(37(29)33)27-12-9-13-28(24-27)40-36-19-8-6-17-32(36)34-23-21-26-11-2-4-15-30(26)38(34)40/h1-24H.